The zero-order valence-corrected chi connectivity index (χ0v) is 11.3. The monoisotopic (exact) mass is 300 g/mol. The summed E-state index contributed by atoms with van der Waals surface area (Å²) >= 11 is -0.142. The number of nitrogens with two attached hydrogens (primary N) is 1. The van der Waals surface area contributed by atoms with Gasteiger partial charge >= 0.3 is 5.51 Å². The van der Waals surface area contributed by atoms with Crippen LogP contribution in [-0.4, -0.2) is 10.7 Å². The van der Waals surface area contributed by atoms with Gasteiger partial charge in [0.2, 0.25) is 0 Å². The highest BCUT2D eigenvalue weighted by atomic mass is 32.2. The summed E-state index contributed by atoms with van der Waals surface area (Å²) < 4.78 is 41.4. The van der Waals surface area contributed by atoms with Gasteiger partial charge in [0.05, 0.1) is 0 Å². The predicted octanol–water partition coefficient (Wildman–Crippen LogP) is 4.35. The standard InChI is InChI=1S/C13H11F3N2OS/c1-8-12(17)11(18-19-8)7-4-9-2-5-10(6-3-9)20-13(14,15)16/h2-7H,17H2,1H3. The molecule has 2 rings (SSSR count). The van der Waals surface area contributed by atoms with Crippen LogP contribution in [0.2, 0.25) is 0 Å². The van der Waals surface area contributed by atoms with Gasteiger partial charge in [-0.15, -0.1) is 0 Å². The van der Waals surface area contributed by atoms with E-state index in [1.807, 2.05) is 0 Å². The second-order valence-corrected chi connectivity index (χ2v) is 5.13. The molecule has 0 radical (unpaired) electrons. The van der Waals surface area contributed by atoms with Gasteiger partial charge in [0, 0.05) is 4.90 Å². The average Bonchev–Trinajstić information content (AvgIpc) is 2.68. The zero-order valence-electron chi connectivity index (χ0n) is 10.4. The first-order chi connectivity index (χ1) is 9.35. The Bertz CT molecular complexity index is 618. The number of nitrogen functional groups attached to an aromatic ring is 1. The van der Waals surface area contributed by atoms with Gasteiger partial charge in [0.1, 0.15) is 11.4 Å². The van der Waals surface area contributed by atoms with E-state index in [2.05, 4.69) is 5.16 Å². The Hall–Kier alpha value is -1.89. The summed E-state index contributed by atoms with van der Waals surface area (Å²) in [5.74, 6) is 0.529. The molecule has 0 saturated heterocycles. The molecule has 0 aliphatic heterocycles. The first-order valence-electron chi connectivity index (χ1n) is 5.61. The lowest BCUT2D eigenvalue weighted by molar-refractivity contribution is -0.0328. The Kier molecular flexibility index (Phi) is 4.08. The molecule has 3 nitrogen and oxygen atoms in total. The van der Waals surface area contributed by atoms with Gasteiger partial charge in [-0.1, -0.05) is 23.4 Å². The van der Waals surface area contributed by atoms with E-state index in [-0.39, 0.29) is 16.7 Å². The molecule has 1 aromatic carbocycles. The van der Waals surface area contributed by atoms with Crippen molar-refractivity contribution in [2.45, 2.75) is 17.3 Å². The van der Waals surface area contributed by atoms with Crippen molar-refractivity contribution in [3.63, 3.8) is 0 Å². The van der Waals surface area contributed by atoms with Crippen LogP contribution in [0.15, 0.2) is 33.7 Å². The summed E-state index contributed by atoms with van der Waals surface area (Å²) in [6, 6.07) is 6.01. The third-order valence-corrected chi connectivity index (χ3v) is 3.22. The smallest absolute Gasteiger partial charge is 0.394 e. The van der Waals surface area contributed by atoms with Crippen LogP contribution in [0, 0.1) is 6.92 Å². The lowest BCUT2D eigenvalue weighted by Crippen LogP contribution is -1.98. The van der Waals surface area contributed by atoms with Gasteiger partial charge in [-0.2, -0.15) is 13.2 Å². The van der Waals surface area contributed by atoms with Gasteiger partial charge in [-0.25, -0.2) is 0 Å². The van der Waals surface area contributed by atoms with E-state index >= 15 is 0 Å². The van der Waals surface area contributed by atoms with Crippen LogP contribution in [0.25, 0.3) is 12.2 Å². The molecule has 0 spiro atoms. The van der Waals surface area contributed by atoms with Crippen LogP contribution in [0.3, 0.4) is 0 Å². The number of hydrogen-bond acceptors (Lipinski definition) is 4. The SMILES string of the molecule is Cc1onc(C=Cc2ccc(SC(F)(F)F)cc2)c1N. The fourth-order valence-corrected chi connectivity index (χ4v) is 2.01. The lowest BCUT2D eigenvalue weighted by Gasteiger charge is -2.05. The molecule has 0 saturated carbocycles. The van der Waals surface area contributed by atoms with E-state index in [1.54, 1.807) is 31.2 Å². The molecular weight excluding hydrogens is 289 g/mol. The van der Waals surface area contributed by atoms with Gasteiger partial charge < -0.3 is 10.3 Å². The molecule has 1 heterocycles. The van der Waals surface area contributed by atoms with E-state index in [9.17, 15) is 13.2 Å². The van der Waals surface area contributed by atoms with Crippen molar-refractivity contribution in [2.24, 2.45) is 0 Å². The van der Waals surface area contributed by atoms with E-state index in [0.29, 0.717) is 17.1 Å². The van der Waals surface area contributed by atoms with Crippen molar-refractivity contribution in [1.29, 1.82) is 0 Å². The van der Waals surface area contributed by atoms with E-state index in [4.69, 9.17) is 10.3 Å². The minimum Gasteiger partial charge on any atom is -0.394 e. The molecule has 0 fully saturated rings. The number of alkyl halides is 3. The lowest BCUT2D eigenvalue weighted by atomic mass is 10.2. The molecular formula is C13H11F3N2OS. The summed E-state index contributed by atoms with van der Waals surface area (Å²) in [7, 11) is 0. The second-order valence-electron chi connectivity index (χ2n) is 3.99. The minimum atomic E-state index is -4.27. The van der Waals surface area contributed by atoms with Crippen molar-refractivity contribution >= 4 is 29.6 Å². The van der Waals surface area contributed by atoms with Crippen LogP contribution in [0.5, 0.6) is 0 Å². The van der Waals surface area contributed by atoms with Crippen LogP contribution in [0.4, 0.5) is 18.9 Å². The minimum absolute atomic E-state index is 0.142. The molecule has 0 aliphatic carbocycles. The van der Waals surface area contributed by atoms with Gasteiger partial charge in [-0.05, 0) is 42.5 Å². The number of halogens is 3. The number of thioether (sulfide) groups is 1. The first-order valence-corrected chi connectivity index (χ1v) is 6.42. The fraction of sp³-hybridized carbons (Fsp3) is 0.154. The Morgan fingerprint density at radius 1 is 1.20 bits per heavy atom. The summed E-state index contributed by atoms with van der Waals surface area (Å²) in [6.07, 6.45) is 3.35. The average molecular weight is 300 g/mol. The number of benzene rings is 1. The van der Waals surface area contributed by atoms with Crippen LogP contribution < -0.4 is 5.73 Å². The molecule has 0 amide bonds. The maximum absolute atomic E-state index is 12.2. The normalized spacial score (nSPS) is 12.2. The number of aryl methyl sites for hydroxylation is 1. The Morgan fingerprint density at radius 3 is 2.35 bits per heavy atom. The third-order valence-electron chi connectivity index (χ3n) is 2.48. The molecule has 1 aromatic heterocycles. The van der Waals surface area contributed by atoms with E-state index < -0.39 is 5.51 Å². The summed E-state index contributed by atoms with van der Waals surface area (Å²) in [4.78, 5) is 0.145. The topological polar surface area (TPSA) is 52.0 Å². The summed E-state index contributed by atoms with van der Waals surface area (Å²) in [6.45, 7) is 1.70. The highest BCUT2D eigenvalue weighted by Crippen LogP contribution is 2.36. The van der Waals surface area contributed by atoms with Crippen molar-refractivity contribution in [2.75, 3.05) is 5.73 Å². The Labute approximate surface area is 117 Å². The Balaban J connectivity index is 2.09. The highest BCUT2D eigenvalue weighted by molar-refractivity contribution is 8.00. The Morgan fingerprint density at radius 2 is 1.85 bits per heavy atom. The van der Waals surface area contributed by atoms with E-state index in [0.717, 1.165) is 5.56 Å². The maximum Gasteiger partial charge on any atom is 0.446 e. The van der Waals surface area contributed by atoms with Gasteiger partial charge in [-0.3, -0.25) is 0 Å². The molecule has 20 heavy (non-hydrogen) atoms. The molecule has 106 valence electrons. The van der Waals surface area contributed by atoms with Crippen molar-refractivity contribution < 1.29 is 17.7 Å². The molecule has 0 atom stereocenters. The molecule has 2 aromatic rings. The van der Waals surface area contributed by atoms with Crippen molar-refractivity contribution in [3.05, 3.63) is 41.3 Å². The van der Waals surface area contributed by atoms with Crippen LogP contribution >= 0.6 is 11.8 Å². The quantitative estimate of drug-likeness (QED) is 0.856. The zero-order chi connectivity index (χ0) is 14.8. The largest absolute Gasteiger partial charge is 0.446 e. The molecule has 0 bridgehead atoms. The van der Waals surface area contributed by atoms with Crippen molar-refractivity contribution in [3.8, 4) is 0 Å². The predicted molar refractivity (Wildman–Crippen MR) is 72.9 cm³/mol. The third kappa shape index (κ3) is 3.80. The van der Waals surface area contributed by atoms with Crippen molar-refractivity contribution in [1.82, 2.24) is 5.16 Å². The van der Waals surface area contributed by atoms with Crippen LogP contribution in [-0.2, 0) is 0 Å². The second kappa shape index (κ2) is 5.62. The highest BCUT2D eigenvalue weighted by Gasteiger charge is 2.28. The van der Waals surface area contributed by atoms with Crippen LogP contribution in [0.1, 0.15) is 17.0 Å². The maximum atomic E-state index is 12.2. The number of anilines is 1. The van der Waals surface area contributed by atoms with Gasteiger partial charge in [0.25, 0.3) is 0 Å². The molecule has 0 unspecified atom stereocenters. The van der Waals surface area contributed by atoms with Gasteiger partial charge in [0.15, 0.2) is 5.76 Å². The number of hydrogen-bond donors (Lipinski definition) is 1. The molecule has 2 N–H and O–H groups in total. The summed E-state index contributed by atoms with van der Waals surface area (Å²) in [5.41, 5.74) is 3.14. The summed E-state index contributed by atoms with van der Waals surface area (Å²) in [5, 5.41) is 3.76. The molecule has 0 aliphatic rings. The first kappa shape index (κ1) is 14.5. The number of aromatic nitrogens is 1. The number of nitrogens with zero attached hydrogens (tertiary/aromatic N) is 1. The van der Waals surface area contributed by atoms with E-state index in [1.165, 1.54) is 12.1 Å². The molecule has 7 heteroatoms. The fourth-order valence-electron chi connectivity index (χ4n) is 1.47. The number of rotatable bonds is 3.